The molecule has 0 aliphatic carbocycles. The first-order valence-electron chi connectivity index (χ1n) is 6.46. The van der Waals surface area contributed by atoms with Gasteiger partial charge in [-0.25, -0.2) is 4.98 Å². The van der Waals surface area contributed by atoms with Crippen molar-refractivity contribution in [1.82, 2.24) is 4.98 Å². The average molecular weight is 333 g/mol. The Morgan fingerprint density at radius 3 is 2.52 bits per heavy atom. The third kappa shape index (κ3) is 4.02. The van der Waals surface area contributed by atoms with E-state index in [1.165, 1.54) is 6.92 Å². The number of nitriles is 2. The molecule has 0 aliphatic heterocycles. The topological polar surface area (TPSA) is 60.5 Å². The number of thioether (sulfide) groups is 1. The number of pyridine rings is 1. The summed E-state index contributed by atoms with van der Waals surface area (Å²) in [6.45, 7) is 1.46. The molecule has 3 nitrogen and oxygen atoms in total. The highest BCUT2D eigenvalue weighted by molar-refractivity contribution is 7.98. The number of aromatic nitrogens is 1. The van der Waals surface area contributed by atoms with Gasteiger partial charge < -0.3 is 0 Å². The van der Waals surface area contributed by atoms with Gasteiger partial charge >= 0.3 is 6.18 Å². The number of alkyl halides is 3. The number of halogens is 3. The summed E-state index contributed by atoms with van der Waals surface area (Å²) in [6, 6.07) is 11.2. The molecule has 1 aromatic heterocycles. The van der Waals surface area contributed by atoms with Crippen LogP contribution in [0.15, 0.2) is 35.4 Å². The molecule has 0 radical (unpaired) electrons. The minimum atomic E-state index is -4.60. The molecule has 0 amide bonds. The van der Waals surface area contributed by atoms with Gasteiger partial charge in [-0.15, -0.1) is 11.8 Å². The third-order valence-electron chi connectivity index (χ3n) is 2.96. The van der Waals surface area contributed by atoms with Crippen LogP contribution >= 0.6 is 11.8 Å². The van der Waals surface area contributed by atoms with E-state index in [1.54, 1.807) is 30.3 Å². The van der Waals surface area contributed by atoms with Crippen molar-refractivity contribution in [2.24, 2.45) is 0 Å². The molecule has 23 heavy (non-hydrogen) atoms. The first-order chi connectivity index (χ1) is 10.8. The predicted octanol–water partition coefficient (Wildman–Crippen LogP) is 4.44. The summed E-state index contributed by atoms with van der Waals surface area (Å²) in [7, 11) is 0. The molecule has 0 fully saturated rings. The molecule has 0 bridgehead atoms. The number of aryl methyl sites for hydroxylation is 1. The van der Waals surface area contributed by atoms with Crippen LogP contribution < -0.4 is 0 Å². The second kappa shape index (κ2) is 6.72. The van der Waals surface area contributed by atoms with Crippen molar-refractivity contribution < 1.29 is 13.2 Å². The maximum atomic E-state index is 13.0. The Kier molecular flexibility index (Phi) is 4.92. The van der Waals surface area contributed by atoms with Crippen LogP contribution in [0.5, 0.6) is 0 Å². The summed E-state index contributed by atoms with van der Waals surface area (Å²) in [5.74, 6) is 0.317. The van der Waals surface area contributed by atoms with E-state index in [-0.39, 0.29) is 10.7 Å². The fraction of sp³-hybridized carbons (Fsp3) is 0.188. The van der Waals surface area contributed by atoms with Gasteiger partial charge in [-0.3, -0.25) is 0 Å². The average Bonchev–Trinajstić information content (AvgIpc) is 2.51. The minimum absolute atomic E-state index is 0.0437. The van der Waals surface area contributed by atoms with E-state index in [0.717, 1.165) is 23.4 Å². The summed E-state index contributed by atoms with van der Waals surface area (Å²) >= 11 is 1.05. The predicted molar refractivity (Wildman–Crippen MR) is 79.4 cm³/mol. The maximum absolute atomic E-state index is 13.0. The molecule has 0 N–H and O–H groups in total. The Morgan fingerprint density at radius 2 is 1.91 bits per heavy atom. The lowest BCUT2D eigenvalue weighted by molar-refractivity contribution is -0.138. The van der Waals surface area contributed by atoms with E-state index in [1.807, 2.05) is 6.07 Å². The lowest BCUT2D eigenvalue weighted by Crippen LogP contribution is -2.10. The second-order valence-electron chi connectivity index (χ2n) is 4.70. The van der Waals surface area contributed by atoms with Crippen molar-refractivity contribution in [1.29, 1.82) is 10.5 Å². The molecule has 116 valence electrons. The Morgan fingerprint density at radius 1 is 1.17 bits per heavy atom. The monoisotopic (exact) mass is 333 g/mol. The van der Waals surface area contributed by atoms with Crippen LogP contribution in [0.25, 0.3) is 0 Å². The molecular weight excluding hydrogens is 323 g/mol. The Labute approximate surface area is 135 Å². The zero-order valence-corrected chi connectivity index (χ0v) is 12.8. The number of hydrogen-bond acceptors (Lipinski definition) is 4. The SMILES string of the molecule is Cc1cc(C(F)(F)F)c(C#N)c(SCc2cccc(C#N)c2)n1. The highest BCUT2D eigenvalue weighted by Crippen LogP contribution is 2.36. The van der Waals surface area contributed by atoms with E-state index in [9.17, 15) is 13.2 Å². The molecule has 2 rings (SSSR count). The van der Waals surface area contributed by atoms with Crippen LogP contribution in [0, 0.1) is 29.6 Å². The molecule has 0 spiro atoms. The highest BCUT2D eigenvalue weighted by atomic mass is 32.2. The molecule has 0 saturated heterocycles. The number of hydrogen-bond donors (Lipinski definition) is 0. The standard InChI is InChI=1S/C16H10F3N3S/c1-10-5-14(16(17,18)19)13(8-21)15(22-10)23-9-12-4-2-3-11(6-12)7-20/h2-6H,9H2,1H3. The first-order valence-corrected chi connectivity index (χ1v) is 7.44. The van der Waals surface area contributed by atoms with E-state index in [0.29, 0.717) is 11.3 Å². The highest BCUT2D eigenvalue weighted by Gasteiger charge is 2.35. The van der Waals surface area contributed by atoms with E-state index in [4.69, 9.17) is 10.5 Å². The molecular formula is C16H10F3N3S. The second-order valence-corrected chi connectivity index (χ2v) is 5.67. The smallest absolute Gasteiger partial charge is 0.245 e. The molecule has 0 aliphatic rings. The molecule has 7 heteroatoms. The summed E-state index contributed by atoms with van der Waals surface area (Å²) in [4.78, 5) is 4.05. The number of nitrogens with zero attached hydrogens (tertiary/aromatic N) is 3. The van der Waals surface area contributed by atoms with Gasteiger partial charge in [0.1, 0.15) is 11.1 Å². The Hall–Kier alpha value is -2.51. The van der Waals surface area contributed by atoms with Gasteiger partial charge in [0.2, 0.25) is 0 Å². The largest absolute Gasteiger partial charge is 0.417 e. The molecule has 0 unspecified atom stereocenters. The van der Waals surface area contributed by atoms with E-state index in [2.05, 4.69) is 4.98 Å². The quantitative estimate of drug-likeness (QED) is 0.779. The fourth-order valence-corrected chi connectivity index (χ4v) is 2.95. The third-order valence-corrected chi connectivity index (χ3v) is 4.01. The van der Waals surface area contributed by atoms with Crippen molar-refractivity contribution in [3.05, 3.63) is 58.3 Å². The summed E-state index contributed by atoms with van der Waals surface area (Å²) in [5.41, 5.74) is 0.00140. The summed E-state index contributed by atoms with van der Waals surface area (Å²) in [5, 5.41) is 18.0. The van der Waals surface area contributed by atoms with Crippen LogP contribution in [0.4, 0.5) is 13.2 Å². The van der Waals surface area contributed by atoms with Gasteiger partial charge in [0.25, 0.3) is 0 Å². The molecule has 2 aromatic rings. The van der Waals surface area contributed by atoms with Crippen molar-refractivity contribution in [3.8, 4) is 12.1 Å². The molecule has 0 saturated carbocycles. The molecule has 0 atom stereocenters. The Bertz CT molecular complexity index is 817. The van der Waals surface area contributed by atoms with Crippen LogP contribution in [0.1, 0.15) is 27.9 Å². The normalized spacial score (nSPS) is 10.9. The van der Waals surface area contributed by atoms with E-state index < -0.39 is 17.3 Å². The van der Waals surface area contributed by atoms with Crippen molar-refractivity contribution in [2.45, 2.75) is 23.9 Å². The lowest BCUT2D eigenvalue weighted by atomic mass is 10.1. The van der Waals surface area contributed by atoms with Crippen LogP contribution in [0.2, 0.25) is 0 Å². The van der Waals surface area contributed by atoms with Crippen LogP contribution in [0.3, 0.4) is 0 Å². The lowest BCUT2D eigenvalue weighted by Gasteiger charge is -2.12. The van der Waals surface area contributed by atoms with E-state index >= 15 is 0 Å². The van der Waals surface area contributed by atoms with Gasteiger partial charge in [-0.1, -0.05) is 12.1 Å². The van der Waals surface area contributed by atoms with Gasteiger partial charge in [0.05, 0.1) is 22.8 Å². The minimum Gasteiger partial charge on any atom is -0.245 e. The van der Waals surface area contributed by atoms with Gasteiger partial charge in [-0.05, 0) is 30.7 Å². The number of rotatable bonds is 3. The fourth-order valence-electron chi connectivity index (χ4n) is 1.96. The molecule has 1 aromatic carbocycles. The van der Waals surface area contributed by atoms with Gasteiger partial charge in [-0.2, -0.15) is 23.7 Å². The summed E-state index contributed by atoms with van der Waals surface area (Å²) in [6.07, 6.45) is -4.60. The maximum Gasteiger partial charge on any atom is 0.417 e. The number of benzene rings is 1. The van der Waals surface area contributed by atoms with Crippen molar-refractivity contribution in [3.63, 3.8) is 0 Å². The first kappa shape index (κ1) is 16.9. The van der Waals surface area contributed by atoms with Gasteiger partial charge in [0, 0.05) is 11.4 Å². The van der Waals surface area contributed by atoms with Gasteiger partial charge in [0.15, 0.2) is 0 Å². The molecule has 1 heterocycles. The van der Waals surface area contributed by atoms with Crippen LogP contribution in [-0.2, 0) is 11.9 Å². The Balaban J connectivity index is 2.35. The van der Waals surface area contributed by atoms with Crippen LogP contribution in [-0.4, -0.2) is 4.98 Å². The van der Waals surface area contributed by atoms with Crippen molar-refractivity contribution >= 4 is 11.8 Å². The zero-order valence-electron chi connectivity index (χ0n) is 12.0. The van der Waals surface area contributed by atoms with Crippen molar-refractivity contribution in [2.75, 3.05) is 0 Å². The zero-order chi connectivity index (χ0) is 17.0. The summed E-state index contributed by atoms with van der Waals surface area (Å²) < 4.78 is 39.1.